The summed E-state index contributed by atoms with van der Waals surface area (Å²) in [7, 11) is -3.90. The van der Waals surface area contributed by atoms with Crippen LogP contribution in [0.4, 0.5) is 5.69 Å². The molecule has 0 aliphatic heterocycles. The molecule has 0 saturated heterocycles. The smallest absolute Gasteiger partial charge is 0.264 e. The zero-order valence-electron chi connectivity index (χ0n) is 17.6. The summed E-state index contributed by atoms with van der Waals surface area (Å²) in [5.41, 5.74) is 2.58. The van der Waals surface area contributed by atoms with E-state index in [2.05, 4.69) is 5.32 Å². The van der Waals surface area contributed by atoms with Crippen molar-refractivity contribution >= 4 is 33.4 Å². The van der Waals surface area contributed by atoms with E-state index in [-0.39, 0.29) is 17.3 Å². The number of amides is 1. The van der Waals surface area contributed by atoms with Gasteiger partial charge >= 0.3 is 0 Å². The highest BCUT2D eigenvalue weighted by Gasteiger charge is 2.27. The van der Waals surface area contributed by atoms with Crippen molar-refractivity contribution < 1.29 is 13.2 Å². The molecular weight excluding hydrogens is 428 g/mol. The summed E-state index contributed by atoms with van der Waals surface area (Å²) in [4.78, 5) is 13.8. The quantitative estimate of drug-likeness (QED) is 0.491. The Morgan fingerprint density at radius 3 is 2.19 bits per heavy atom. The van der Waals surface area contributed by atoms with Gasteiger partial charge in [-0.3, -0.25) is 9.10 Å². The molecule has 0 unspecified atom stereocenters. The van der Waals surface area contributed by atoms with Crippen LogP contribution < -0.4 is 9.62 Å². The first-order valence-electron chi connectivity index (χ1n) is 9.94. The molecule has 0 saturated carbocycles. The monoisotopic (exact) mass is 454 g/mol. The van der Waals surface area contributed by atoms with E-state index < -0.39 is 10.0 Å². The summed E-state index contributed by atoms with van der Waals surface area (Å²) >= 11 is 1.54. The lowest BCUT2D eigenvalue weighted by Gasteiger charge is -2.24. The Balaban J connectivity index is 1.79. The summed E-state index contributed by atoms with van der Waals surface area (Å²) in [5, 5.41) is 2.84. The van der Waals surface area contributed by atoms with E-state index in [1.54, 1.807) is 36.4 Å². The van der Waals surface area contributed by atoms with Crippen LogP contribution in [-0.4, -0.2) is 33.7 Å². The lowest BCUT2D eigenvalue weighted by Crippen LogP contribution is -2.41. The molecule has 3 rings (SSSR count). The number of hydrogen-bond acceptors (Lipinski definition) is 4. The number of carbonyl (C=O) groups excluding carboxylic acids is 1. The predicted octanol–water partition coefficient (Wildman–Crippen LogP) is 4.27. The molecule has 7 heteroatoms. The number of rotatable bonds is 9. The van der Waals surface area contributed by atoms with E-state index in [1.807, 2.05) is 55.6 Å². The molecule has 3 aromatic rings. The third-order valence-corrected chi connectivity index (χ3v) is 7.37. The molecule has 0 atom stereocenters. The number of nitrogens with zero attached hydrogens (tertiary/aromatic N) is 1. The average Bonchev–Trinajstić information content (AvgIpc) is 2.79. The molecule has 1 N–H and O–H groups in total. The van der Waals surface area contributed by atoms with E-state index in [0.717, 1.165) is 16.0 Å². The zero-order chi connectivity index (χ0) is 22.3. The maximum Gasteiger partial charge on any atom is 0.264 e. The molecule has 0 aliphatic carbocycles. The average molecular weight is 455 g/mol. The van der Waals surface area contributed by atoms with Gasteiger partial charge in [0.05, 0.1) is 10.6 Å². The van der Waals surface area contributed by atoms with Gasteiger partial charge in [-0.05, 0) is 61.6 Å². The highest BCUT2D eigenvalue weighted by atomic mass is 32.2. The third-order valence-electron chi connectivity index (χ3n) is 4.84. The maximum atomic E-state index is 13.4. The number of carbonyl (C=O) groups is 1. The summed E-state index contributed by atoms with van der Waals surface area (Å²) in [6, 6.07) is 23.6. The third kappa shape index (κ3) is 6.12. The Morgan fingerprint density at radius 1 is 0.935 bits per heavy atom. The van der Waals surface area contributed by atoms with Crippen molar-refractivity contribution in [2.45, 2.75) is 23.1 Å². The fourth-order valence-electron chi connectivity index (χ4n) is 3.08. The van der Waals surface area contributed by atoms with Gasteiger partial charge in [0.15, 0.2) is 0 Å². The molecule has 1 amide bonds. The van der Waals surface area contributed by atoms with E-state index >= 15 is 0 Å². The molecule has 0 bridgehead atoms. The molecule has 0 spiro atoms. The molecular formula is C24H26N2O3S2. The highest BCUT2D eigenvalue weighted by molar-refractivity contribution is 7.98. The van der Waals surface area contributed by atoms with Gasteiger partial charge in [0.2, 0.25) is 5.91 Å². The molecule has 0 aliphatic rings. The van der Waals surface area contributed by atoms with Crippen molar-refractivity contribution in [3.8, 4) is 0 Å². The molecule has 0 heterocycles. The summed E-state index contributed by atoms with van der Waals surface area (Å²) in [6.07, 6.45) is 2.61. The minimum absolute atomic E-state index is 0.156. The second-order valence-electron chi connectivity index (χ2n) is 7.11. The maximum absolute atomic E-state index is 13.4. The molecule has 5 nitrogen and oxygen atoms in total. The van der Waals surface area contributed by atoms with E-state index in [0.29, 0.717) is 18.7 Å². The van der Waals surface area contributed by atoms with Crippen LogP contribution in [0.15, 0.2) is 88.7 Å². The van der Waals surface area contributed by atoms with Gasteiger partial charge < -0.3 is 5.32 Å². The van der Waals surface area contributed by atoms with Gasteiger partial charge in [-0.25, -0.2) is 8.42 Å². The van der Waals surface area contributed by atoms with Crippen LogP contribution in [0.2, 0.25) is 0 Å². The van der Waals surface area contributed by atoms with Crippen molar-refractivity contribution in [1.82, 2.24) is 5.32 Å². The van der Waals surface area contributed by atoms with E-state index in [4.69, 9.17) is 0 Å². The zero-order valence-corrected chi connectivity index (χ0v) is 19.2. The molecule has 3 aromatic carbocycles. The lowest BCUT2D eigenvalue weighted by atomic mass is 10.1. The Hall–Kier alpha value is -2.77. The fourth-order valence-corrected chi connectivity index (χ4v) is 4.91. The van der Waals surface area contributed by atoms with Crippen LogP contribution in [-0.2, 0) is 21.2 Å². The number of anilines is 1. The minimum Gasteiger partial charge on any atom is -0.354 e. The van der Waals surface area contributed by atoms with Crippen molar-refractivity contribution in [1.29, 1.82) is 0 Å². The van der Waals surface area contributed by atoms with E-state index in [1.165, 1.54) is 16.1 Å². The molecule has 162 valence electrons. The minimum atomic E-state index is -3.90. The number of hydrogen-bond donors (Lipinski definition) is 1. The van der Waals surface area contributed by atoms with Crippen LogP contribution >= 0.6 is 11.8 Å². The largest absolute Gasteiger partial charge is 0.354 e. The van der Waals surface area contributed by atoms with Crippen molar-refractivity contribution in [2.75, 3.05) is 23.7 Å². The Morgan fingerprint density at radius 2 is 1.58 bits per heavy atom. The summed E-state index contributed by atoms with van der Waals surface area (Å²) in [6.45, 7) is 2.08. The van der Waals surface area contributed by atoms with Gasteiger partial charge in [0.1, 0.15) is 6.54 Å². The predicted molar refractivity (Wildman–Crippen MR) is 127 cm³/mol. The number of sulfonamides is 1. The van der Waals surface area contributed by atoms with Crippen LogP contribution in [0, 0.1) is 6.92 Å². The van der Waals surface area contributed by atoms with Crippen LogP contribution in [0.1, 0.15) is 11.1 Å². The van der Waals surface area contributed by atoms with E-state index in [9.17, 15) is 13.2 Å². The number of thioether (sulfide) groups is 1. The highest BCUT2D eigenvalue weighted by Crippen LogP contribution is 2.25. The summed E-state index contributed by atoms with van der Waals surface area (Å²) in [5.74, 6) is -0.346. The normalized spacial score (nSPS) is 11.2. The van der Waals surface area contributed by atoms with Crippen LogP contribution in [0.3, 0.4) is 0 Å². The first kappa shape index (κ1) is 22.9. The topological polar surface area (TPSA) is 66.5 Å². The Kier molecular flexibility index (Phi) is 7.76. The molecule has 31 heavy (non-hydrogen) atoms. The van der Waals surface area contributed by atoms with Crippen molar-refractivity contribution in [3.63, 3.8) is 0 Å². The van der Waals surface area contributed by atoms with Crippen LogP contribution in [0.25, 0.3) is 0 Å². The van der Waals surface area contributed by atoms with Gasteiger partial charge in [0.25, 0.3) is 10.0 Å². The van der Waals surface area contributed by atoms with Gasteiger partial charge in [-0.1, -0.05) is 48.0 Å². The van der Waals surface area contributed by atoms with Gasteiger partial charge in [0, 0.05) is 11.4 Å². The molecule has 0 aromatic heterocycles. The standard InChI is InChI=1S/C24H26N2O3S2/c1-19-8-10-21(11-9-19)26(31(28,29)23-14-12-22(30-2)13-15-23)18-24(27)25-17-16-20-6-4-3-5-7-20/h3-15H,16-18H2,1-2H3,(H,25,27). The Labute approximate surface area is 188 Å². The van der Waals surface area contributed by atoms with Crippen molar-refractivity contribution in [2.24, 2.45) is 0 Å². The van der Waals surface area contributed by atoms with Crippen LogP contribution in [0.5, 0.6) is 0 Å². The molecule has 0 fully saturated rings. The fraction of sp³-hybridized carbons (Fsp3) is 0.208. The van der Waals surface area contributed by atoms with Crippen molar-refractivity contribution in [3.05, 3.63) is 90.0 Å². The second kappa shape index (κ2) is 10.5. The summed E-state index contributed by atoms with van der Waals surface area (Å²) < 4.78 is 27.9. The first-order valence-corrected chi connectivity index (χ1v) is 12.6. The Bertz CT molecular complexity index is 1100. The molecule has 0 radical (unpaired) electrons. The first-order chi connectivity index (χ1) is 14.9. The second-order valence-corrected chi connectivity index (χ2v) is 9.85. The lowest BCUT2D eigenvalue weighted by molar-refractivity contribution is -0.119. The number of nitrogens with one attached hydrogen (secondary N) is 1. The number of aryl methyl sites for hydroxylation is 1. The SMILES string of the molecule is CSc1ccc(S(=O)(=O)N(CC(=O)NCCc2ccccc2)c2ccc(C)cc2)cc1. The number of benzene rings is 3. The van der Waals surface area contributed by atoms with Gasteiger partial charge in [-0.15, -0.1) is 11.8 Å². The van der Waals surface area contributed by atoms with Gasteiger partial charge in [-0.2, -0.15) is 0 Å².